The van der Waals surface area contributed by atoms with Gasteiger partial charge in [-0.15, -0.1) is 0 Å². The van der Waals surface area contributed by atoms with Crippen LogP contribution in [0.25, 0.3) is 10.9 Å². The Bertz CT molecular complexity index is 992. The molecule has 1 aromatic carbocycles. The number of carbonyl (C=O) groups excluding carboxylic acids is 4. The first-order chi connectivity index (χ1) is 13.8. The highest BCUT2D eigenvalue weighted by molar-refractivity contribution is 6.45. The Morgan fingerprint density at radius 2 is 1.66 bits per heavy atom. The maximum Gasteiger partial charge on any atom is 0.319 e. The maximum atomic E-state index is 14.4. The summed E-state index contributed by atoms with van der Waals surface area (Å²) in [4.78, 5) is 56.6. The van der Waals surface area contributed by atoms with Crippen molar-refractivity contribution in [3.05, 3.63) is 35.3 Å². The van der Waals surface area contributed by atoms with Crippen LogP contribution < -0.4 is 5.32 Å². The van der Waals surface area contributed by atoms with Crippen LogP contribution >= 0.6 is 0 Å². The summed E-state index contributed by atoms with van der Waals surface area (Å²) in [7, 11) is 4.72. The molecular formula is C19H22FN5O4. The largest absolute Gasteiger partial charge is 0.360 e. The number of piperazine rings is 1. The number of nitrogens with zero attached hydrogens (tertiary/aromatic N) is 3. The highest BCUT2D eigenvalue weighted by atomic mass is 19.1. The van der Waals surface area contributed by atoms with Crippen molar-refractivity contribution in [3.63, 3.8) is 0 Å². The number of aromatic nitrogens is 1. The number of urea groups is 1. The fraction of sp³-hybridized carbons (Fsp3) is 0.368. The first-order valence-electron chi connectivity index (χ1n) is 9.07. The van der Waals surface area contributed by atoms with Crippen molar-refractivity contribution in [1.29, 1.82) is 0 Å². The van der Waals surface area contributed by atoms with E-state index in [0.717, 1.165) is 6.07 Å². The van der Waals surface area contributed by atoms with Crippen molar-refractivity contribution in [2.75, 3.05) is 47.3 Å². The van der Waals surface area contributed by atoms with Crippen molar-refractivity contribution in [2.24, 2.45) is 0 Å². The predicted molar refractivity (Wildman–Crippen MR) is 103 cm³/mol. The molecule has 1 aliphatic rings. The smallest absolute Gasteiger partial charge is 0.319 e. The molecule has 1 saturated heterocycles. The van der Waals surface area contributed by atoms with E-state index in [1.807, 2.05) is 0 Å². The zero-order valence-electron chi connectivity index (χ0n) is 16.4. The van der Waals surface area contributed by atoms with Gasteiger partial charge in [0, 0.05) is 58.9 Å². The van der Waals surface area contributed by atoms with Crippen molar-refractivity contribution in [3.8, 4) is 0 Å². The number of H-pyrrole nitrogens is 1. The SMILES string of the molecule is CNC(=O)c1ccc(F)c2c(C(=O)C(=O)N3CCN(C(=O)N(C)C)CC3)c[nH]c12. The van der Waals surface area contributed by atoms with Gasteiger partial charge in [-0.3, -0.25) is 14.4 Å². The molecule has 4 amide bonds. The van der Waals surface area contributed by atoms with E-state index in [2.05, 4.69) is 10.3 Å². The summed E-state index contributed by atoms with van der Waals surface area (Å²) < 4.78 is 14.4. The van der Waals surface area contributed by atoms with Crippen LogP contribution in [0.3, 0.4) is 0 Å². The third-order valence-electron chi connectivity index (χ3n) is 4.92. The Labute approximate surface area is 166 Å². The Morgan fingerprint density at radius 3 is 2.24 bits per heavy atom. The Morgan fingerprint density at radius 1 is 1.03 bits per heavy atom. The second kappa shape index (κ2) is 7.90. The van der Waals surface area contributed by atoms with Gasteiger partial charge in [0.05, 0.1) is 16.6 Å². The Kier molecular flexibility index (Phi) is 5.53. The number of carbonyl (C=O) groups is 4. The molecule has 0 saturated carbocycles. The van der Waals surface area contributed by atoms with Crippen LogP contribution in [-0.2, 0) is 4.79 Å². The van der Waals surface area contributed by atoms with Gasteiger partial charge in [-0.2, -0.15) is 0 Å². The van der Waals surface area contributed by atoms with Gasteiger partial charge in [-0.05, 0) is 12.1 Å². The lowest BCUT2D eigenvalue weighted by atomic mass is 10.0. The molecule has 0 unspecified atom stereocenters. The number of benzene rings is 1. The van der Waals surface area contributed by atoms with Crippen molar-refractivity contribution in [1.82, 2.24) is 25.0 Å². The minimum atomic E-state index is -0.864. The van der Waals surface area contributed by atoms with Gasteiger partial charge in [0.25, 0.3) is 17.6 Å². The topological polar surface area (TPSA) is 106 Å². The molecule has 9 nitrogen and oxygen atoms in total. The second-order valence-corrected chi connectivity index (χ2v) is 6.91. The van der Waals surface area contributed by atoms with Crippen LogP contribution in [0.2, 0.25) is 0 Å². The van der Waals surface area contributed by atoms with Gasteiger partial charge in [0.15, 0.2) is 0 Å². The molecule has 0 aliphatic carbocycles. The van der Waals surface area contributed by atoms with Gasteiger partial charge in [0.2, 0.25) is 0 Å². The van der Waals surface area contributed by atoms with E-state index in [-0.39, 0.29) is 41.2 Å². The standard InChI is InChI=1S/C19H22FN5O4/c1-21-17(27)11-4-5-13(20)14-12(10-22-15(11)14)16(26)18(28)24-6-8-25(9-7-24)19(29)23(2)3/h4-5,10,22H,6-9H2,1-3H3,(H,21,27). The minimum Gasteiger partial charge on any atom is -0.360 e. The molecule has 1 fully saturated rings. The molecule has 10 heteroatoms. The molecule has 0 spiro atoms. The summed E-state index contributed by atoms with van der Waals surface area (Å²) in [5.41, 5.74) is 0.202. The van der Waals surface area contributed by atoms with Gasteiger partial charge in [-0.1, -0.05) is 0 Å². The first-order valence-corrected chi connectivity index (χ1v) is 9.07. The van der Waals surface area contributed by atoms with E-state index in [4.69, 9.17) is 0 Å². The molecule has 1 aliphatic heterocycles. The van der Waals surface area contributed by atoms with E-state index in [1.54, 1.807) is 19.0 Å². The zero-order valence-corrected chi connectivity index (χ0v) is 16.4. The van der Waals surface area contributed by atoms with Gasteiger partial charge < -0.3 is 25.0 Å². The number of hydrogen-bond donors (Lipinski definition) is 2. The van der Waals surface area contributed by atoms with E-state index >= 15 is 0 Å². The van der Waals surface area contributed by atoms with Crippen LogP contribution in [0.1, 0.15) is 20.7 Å². The van der Waals surface area contributed by atoms with Crippen LogP contribution in [0.15, 0.2) is 18.3 Å². The predicted octanol–water partition coefficient (Wildman–Crippen LogP) is 0.675. The molecule has 0 bridgehead atoms. The number of fused-ring (bicyclic) bond motifs is 1. The summed E-state index contributed by atoms with van der Waals surface area (Å²) in [6.07, 6.45) is 1.24. The molecule has 29 heavy (non-hydrogen) atoms. The monoisotopic (exact) mass is 403 g/mol. The fourth-order valence-corrected chi connectivity index (χ4v) is 3.35. The lowest BCUT2D eigenvalue weighted by molar-refractivity contribution is -0.127. The third-order valence-corrected chi connectivity index (χ3v) is 4.92. The van der Waals surface area contributed by atoms with Gasteiger partial charge in [0.1, 0.15) is 5.82 Å². The number of aromatic amines is 1. The normalized spacial score (nSPS) is 14.1. The number of Topliss-reactive ketones (excluding diaryl/α,β-unsaturated/α-hetero) is 1. The number of nitrogens with one attached hydrogen (secondary N) is 2. The number of hydrogen-bond acceptors (Lipinski definition) is 4. The van der Waals surface area contributed by atoms with Gasteiger partial charge >= 0.3 is 6.03 Å². The lowest BCUT2D eigenvalue weighted by Crippen LogP contribution is -2.54. The number of amides is 4. The van der Waals surface area contributed by atoms with Gasteiger partial charge in [-0.25, -0.2) is 9.18 Å². The first kappa shape index (κ1) is 20.3. The minimum absolute atomic E-state index is 0.0918. The summed E-state index contributed by atoms with van der Waals surface area (Å²) >= 11 is 0. The van der Waals surface area contributed by atoms with Crippen LogP contribution in [-0.4, -0.2) is 90.6 Å². The molecule has 0 radical (unpaired) electrons. The van der Waals surface area contributed by atoms with Crippen LogP contribution in [0.5, 0.6) is 0 Å². The average Bonchev–Trinajstić information content (AvgIpc) is 3.18. The Hall–Kier alpha value is -3.43. The second-order valence-electron chi connectivity index (χ2n) is 6.91. The van der Waals surface area contributed by atoms with Crippen LogP contribution in [0.4, 0.5) is 9.18 Å². The molecular weight excluding hydrogens is 381 g/mol. The third kappa shape index (κ3) is 3.65. The van der Waals surface area contributed by atoms with E-state index in [0.29, 0.717) is 13.1 Å². The van der Waals surface area contributed by atoms with E-state index in [9.17, 15) is 23.6 Å². The van der Waals surface area contributed by atoms with E-state index in [1.165, 1.54) is 29.1 Å². The number of halogens is 1. The molecule has 1 aromatic heterocycles. The average molecular weight is 403 g/mol. The zero-order chi connectivity index (χ0) is 21.3. The molecule has 3 rings (SSSR count). The molecule has 0 atom stereocenters. The summed E-state index contributed by atoms with van der Waals surface area (Å²) in [5.74, 6) is -2.78. The highest BCUT2D eigenvalue weighted by Gasteiger charge is 2.31. The maximum absolute atomic E-state index is 14.4. The summed E-state index contributed by atoms with van der Waals surface area (Å²) in [5, 5.41) is 2.36. The van der Waals surface area contributed by atoms with Crippen molar-refractivity contribution in [2.45, 2.75) is 0 Å². The Balaban J connectivity index is 1.82. The fourth-order valence-electron chi connectivity index (χ4n) is 3.35. The van der Waals surface area contributed by atoms with Crippen molar-refractivity contribution < 1.29 is 23.6 Å². The molecule has 2 N–H and O–H groups in total. The summed E-state index contributed by atoms with van der Waals surface area (Å²) in [6, 6.07) is 2.24. The van der Waals surface area contributed by atoms with Crippen LogP contribution in [0, 0.1) is 5.82 Å². The van der Waals surface area contributed by atoms with Crippen molar-refractivity contribution >= 4 is 34.5 Å². The molecule has 2 aromatic rings. The molecule has 2 heterocycles. The quantitative estimate of drug-likeness (QED) is 0.581. The number of ketones is 1. The summed E-state index contributed by atoms with van der Waals surface area (Å²) in [6.45, 7) is 1.02. The molecule has 154 valence electrons. The highest BCUT2D eigenvalue weighted by Crippen LogP contribution is 2.26. The lowest BCUT2D eigenvalue weighted by Gasteiger charge is -2.35. The van der Waals surface area contributed by atoms with E-state index < -0.39 is 23.4 Å². The number of rotatable bonds is 3.